The van der Waals surface area contributed by atoms with Crippen LogP contribution in [-0.4, -0.2) is 57.4 Å². The van der Waals surface area contributed by atoms with Gasteiger partial charge in [0.15, 0.2) is 5.82 Å². The number of piperidine rings is 1. The van der Waals surface area contributed by atoms with E-state index in [0.717, 1.165) is 30.1 Å². The Morgan fingerprint density at radius 2 is 1.97 bits per heavy atom. The number of likely N-dealkylation sites (tertiary alicyclic amines) is 1. The molecule has 1 saturated heterocycles. The summed E-state index contributed by atoms with van der Waals surface area (Å²) in [5.41, 5.74) is 2.10. The zero-order chi connectivity index (χ0) is 22.3. The molecule has 1 aromatic carbocycles. The second-order valence-corrected chi connectivity index (χ2v) is 9.12. The fourth-order valence-electron chi connectivity index (χ4n) is 4.41. The first-order valence-electron chi connectivity index (χ1n) is 10.7. The van der Waals surface area contributed by atoms with Gasteiger partial charge in [-0.1, -0.05) is 6.92 Å². The average molecular weight is 422 g/mol. The lowest BCUT2D eigenvalue weighted by molar-refractivity contribution is 0.0391. The van der Waals surface area contributed by atoms with Crippen molar-refractivity contribution in [3.8, 4) is 28.5 Å². The molecule has 2 atom stereocenters. The highest BCUT2D eigenvalue weighted by Gasteiger charge is 2.41. The normalized spacial score (nSPS) is 21.2. The Balaban J connectivity index is 1.54. The van der Waals surface area contributed by atoms with Gasteiger partial charge in [0.1, 0.15) is 11.5 Å². The lowest BCUT2D eigenvalue weighted by Crippen LogP contribution is -2.59. The van der Waals surface area contributed by atoms with Gasteiger partial charge in [-0.25, -0.2) is 4.98 Å². The highest BCUT2D eigenvalue weighted by Crippen LogP contribution is 2.36. The van der Waals surface area contributed by atoms with Crippen LogP contribution in [0.25, 0.3) is 22.7 Å². The van der Waals surface area contributed by atoms with Gasteiger partial charge in [-0.2, -0.15) is 0 Å². The molecule has 7 heteroatoms. The Morgan fingerprint density at radius 3 is 2.58 bits per heavy atom. The number of oxazole rings is 1. The Morgan fingerprint density at radius 1 is 1.19 bits per heavy atom. The van der Waals surface area contributed by atoms with Gasteiger partial charge in [0.25, 0.3) is 0 Å². The van der Waals surface area contributed by atoms with E-state index in [9.17, 15) is 5.11 Å². The monoisotopic (exact) mass is 421 g/mol. The van der Waals surface area contributed by atoms with Gasteiger partial charge in [-0.3, -0.25) is 0 Å². The van der Waals surface area contributed by atoms with Crippen molar-refractivity contribution in [1.29, 1.82) is 0 Å². The zero-order valence-electron chi connectivity index (χ0n) is 19.1. The number of aryl methyl sites for hydroxylation is 1. The van der Waals surface area contributed by atoms with E-state index in [2.05, 4.69) is 59.8 Å². The highest BCUT2D eigenvalue weighted by molar-refractivity contribution is 5.71. The topological polar surface area (TPSA) is 78.5 Å². The molecule has 1 fully saturated rings. The highest BCUT2D eigenvalue weighted by atomic mass is 16.4. The van der Waals surface area contributed by atoms with E-state index in [1.165, 1.54) is 0 Å². The summed E-state index contributed by atoms with van der Waals surface area (Å²) < 4.78 is 5.54. The van der Waals surface area contributed by atoms with Crippen LogP contribution in [0, 0.1) is 12.8 Å². The van der Waals surface area contributed by atoms with Crippen LogP contribution in [0.5, 0.6) is 5.75 Å². The number of aromatic hydroxyl groups is 1. The van der Waals surface area contributed by atoms with Crippen LogP contribution in [0.2, 0.25) is 0 Å². The van der Waals surface area contributed by atoms with Crippen LogP contribution < -0.4 is 4.90 Å². The van der Waals surface area contributed by atoms with Crippen molar-refractivity contribution >= 4 is 5.82 Å². The number of nitrogens with zero attached hydrogens (tertiary/aromatic N) is 5. The fraction of sp³-hybridized carbons (Fsp3) is 0.458. The van der Waals surface area contributed by atoms with Crippen LogP contribution in [0.15, 0.2) is 40.9 Å². The summed E-state index contributed by atoms with van der Waals surface area (Å²) in [5.74, 6) is 2.65. The molecule has 1 aliphatic rings. The van der Waals surface area contributed by atoms with E-state index in [0.29, 0.717) is 29.1 Å². The second-order valence-electron chi connectivity index (χ2n) is 9.12. The lowest BCUT2D eigenvalue weighted by Gasteiger charge is -2.51. The Kier molecular flexibility index (Phi) is 5.47. The number of phenolic OH excluding ortho intramolecular Hbond substituents is 1. The minimum atomic E-state index is 0.120. The SMILES string of the molecule is Cc1cnc(-c2ccc(-c3ccc(N(C)C4CCN(C)C(C)(C)C4C)nn3)c(O)c2)o1. The number of benzene rings is 1. The molecule has 0 bridgehead atoms. The maximum Gasteiger partial charge on any atom is 0.226 e. The molecular formula is C24H31N5O2. The Bertz CT molecular complexity index is 1060. The van der Waals surface area contributed by atoms with Crippen molar-refractivity contribution in [3.63, 3.8) is 0 Å². The fourth-order valence-corrected chi connectivity index (χ4v) is 4.41. The third kappa shape index (κ3) is 3.90. The molecule has 1 N–H and O–H groups in total. The summed E-state index contributed by atoms with van der Waals surface area (Å²) in [6.07, 6.45) is 2.75. The minimum absolute atomic E-state index is 0.120. The largest absolute Gasteiger partial charge is 0.507 e. The first-order chi connectivity index (χ1) is 14.7. The molecule has 0 radical (unpaired) electrons. The van der Waals surface area contributed by atoms with Crippen LogP contribution in [0.3, 0.4) is 0 Å². The predicted octanol–water partition coefficient (Wildman–Crippen LogP) is 4.37. The van der Waals surface area contributed by atoms with Crippen molar-refractivity contribution < 1.29 is 9.52 Å². The van der Waals surface area contributed by atoms with Crippen molar-refractivity contribution in [2.24, 2.45) is 5.92 Å². The van der Waals surface area contributed by atoms with Crippen molar-refractivity contribution in [2.75, 3.05) is 25.5 Å². The van der Waals surface area contributed by atoms with Gasteiger partial charge in [-0.05, 0) is 70.5 Å². The molecule has 2 aromatic heterocycles. The first-order valence-corrected chi connectivity index (χ1v) is 10.7. The summed E-state index contributed by atoms with van der Waals surface area (Å²) in [6, 6.07) is 9.61. The summed E-state index contributed by atoms with van der Waals surface area (Å²) in [6.45, 7) is 9.82. The molecule has 0 spiro atoms. The molecule has 3 aromatic rings. The van der Waals surface area contributed by atoms with Crippen LogP contribution in [0.1, 0.15) is 33.0 Å². The van der Waals surface area contributed by atoms with Gasteiger partial charge in [0.05, 0.1) is 11.9 Å². The lowest BCUT2D eigenvalue weighted by atomic mass is 9.77. The molecule has 2 unspecified atom stereocenters. The molecule has 0 amide bonds. The van der Waals surface area contributed by atoms with E-state index in [1.807, 2.05) is 31.2 Å². The van der Waals surface area contributed by atoms with Crippen LogP contribution >= 0.6 is 0 Å². The summed E-state index contributed by atoms with van der Waals surface area (Å²) in [4.78, 5) is 8.89. The predicted molar refractivity (Wildman–Crippen MR) is 122 cm³/mol. The molecule has 0 aliphatic carbocycles. The molecule has 31 heavy (non-hydrogen) atoms. The van der Waals surface area contributed by atoms with Gasteiger partial charge in [0.2, 0.25) is 5.89 Å². The summed E-state index contributed by atoms with van der Waals surface area (Å²) >= 11 is 0. The summed E-state index contributed by atoms with van der Waals surface area (Å²) in [5, 5.41) is 19.4. The molecule has 1 aliphatic heterocycles. The summed E-state index contributed by atoms with van der Waals surface area (Å²) in [7, 11) is 4.29. The van der Waals surface area contributed by atoms with Gasteiger partial charge >= 0.3 is 0 Å². The quantitative estimate of drug-likeness (QED) is 0.670. The molecule has 164 valence electrons. The minimum Gasteiger partial charge on any atom is -0.507 e. The van der Waals surface area contributed by atoms with Crippen molar-refractivity contribution in [3.05, 3.63) is 42.3 Å². The van der Waals surface area contributed by atoms with Crippen molar-refractivity contribution in [1.82, 2.24) is 20.1 Å². The number of anilines is 1. The smallest absolute Gasteiger partial charge is 0.226 e. The van der Waals surface area contributed by atoms with E-state index in [4.69, 9.17) is 4.42 Å². The van der Waals surface area contributed by atoms with Crippen LogP contribution in [0.4, 0.5) is 5.82 Å². The van der Waals surface area contributed by atoms with E-state index >= 15 is 0 Å². The first kappa shape index (κ1) is 21.3. The Hall–Kier alpha value is -2.93. The number of hydrogen-bond acceptors (Lipinski definition) is 7. The van der Waals surface area contributed by atoms with Crippen molar-refractivity contribution in [2.45, 2.75) is 45.7 Å². The maximum absolute atomic E-state index is 10.6. The van der Waals surface area contributed by atoms with Gasteiger partial charge < -0.3 is 19.3 Å². The van der Waals surface area contributed by atoms with E-state index < -0.39 is 0 Å². The van der Waals surface area contributed by atoms with E-state index in [-0.39, 0.29) is 11.3 Å². The number of phenols is 1. The molecule has 4 rings (SSSR count). The Labute approximate surface area is 183 Å². The second kappa shape index (κ2) is 7.96. The molecule has 3 heterocycles. The third-order valence-corrected chi connectivity index (χ3v) is 7.09. The number of aromatic nitrogens is 3. The molecule has 0 saturated carbocycles. The number of rotatable bonds is 4. The number of hydrogen-bond donors (Lipinski definition) is 1. The maximum atomic E-state index is 10.6. The zero-order valence-corrected chi connectivity index (χ0v) is 19.1. The van der Waals surface area contributed by atoms with Gasteiger partial charge in [-0.15, -0.1) is 10.2 Å². The average Bonchev–Trinajstić information content (AvgIpc) is 3.19. The van der Waals surface area contributed by atoms with E-state index in [1.54, 1.807) is 12.3 Å². The van der Waals surface area contributed by atoms with Gasteiger partial charge in [0, 0.05) is 36.3 Å². The van der Waals surface area contributed by atoms with Crippen LogP contribution in [-0.2, 0) is 0 Å². The third-order valence-electron chi connectivity index (χ3n) is 7.09. The molecular weight excluding hydrogens is 390 g/mol. The standard InChI is InChI=1S/C24H31N5O2/c1-15-14-25-23(31-15)17-7-8-18(21(30)13-17)19-9-10-22(27-26-19)29(6)20-11-12-28(5)24(3,4)16(20)2/h7-10,13-14,16,20,30H,11-12H2,1-6H3. The molecule has 7 nitrogen and oxygen atoms in total.